The highest BCUT2D eigenvalue weighted by atomic mass is 19.1. The van der Waals surface area contributed by atoms with Crippen LogP contribution in [0.5, 0.6) is 5.75 Å². The normalized spacial score (nSPS) is 16.8. The molecule has 22 heavy (non-hydrogen) atoms. The predicted molar refractivity (Wildman–Crippen MR) is 75.0 cm³/mol. The van der Waals surface area contributed by atoms with Crippen molar-refractivity contribution < 1.29 is 28.6 Å². The average molecular weight is 311 g/mol. The smallest absolute Gasteiger partial charge is 0.346 e. The van der Waals surface area contributed by atoms with Gasteiger partial charge in [-0.15, -0.1) is 0 Å². The second-order valence-electron chi connectivity index (χ2n) is 5.03. The highest BCUT2D eigenvalue weighted by Crippen LogP contribution is 2.15. The van der Waals surface area contributed by atoms with Gasteiger partial charge in [-0.05, 0) is 37.1 Å². The van der Waals surface area contributed by atoms with E-state index < -0.39 is 17.9 Å². The lowest BCUT2D eigenvalue weighted by Crippen LogP contribution is -2.43. The van der Waals surface area contributed by atoms with Gasteiger partial charge in [-0.1, -0.05) is 0 Å². The van der Waals surface area contributed by atoms with Crippen molar-refractivity contribution in [1.29, 1.82) is 0 Å². The molecule has 1 aromatic rings. The minimum Gasteiger partial charge on any atom is -0.478 e. The van der Waals surface area contributed by atoms with Gasteiger partial charge in [0.1, 0.15) is 11.6 Å². The molecule has 2 rings (SSSR count). The zero-order valence-electron chi connectivity index (χ0n) is 12.0. The monoisotopic (exact) mass is 311 g/mol. The quantitative estimate of drug-likeness (QED) is 0.824. The maximum absolute atomic E-state index is 12.8. The maximum Gasteiger partial charge on any atom is 0.346 e. The van der Waals surface area contributed by atoms with Crippen molar-refractivity contribution in [3.05, 3.63) is 30.1 Å². The summed E-state index contributed by atoms with van der Waals surface area (Å²) in [6.07, 6.45) is 0.0272. The van der Waals surface area contributed by atoms with E-state index in [0.717, 1.165) is 0 Å². The van der Waals surface area contributed by atoms with Crippen LogP contribution in [0, 0.1) is 11.7 Å². The number of carbonyl (C=O) groups excluding carboxylic acids is 1. The Balaban J connectivity index is 1.87. The van der Waals surface area contributed by atoms with Gasteiger partial charge in [0.15, 0.2) is 0 Å². The predicted octanol–water partition coefficient (Wildman–Crippen LogP) is 1.20. The van der Waals surface area contributed by atoms with Crippen LogP contribution < -0.4 is 10.1 Å². The molecule has 1 aliphatic rings. The highest BCUT2D eigenvalue weighted by molar-refractivity contribution is 5.80. The van der Waals surface area contributed by atoms with E-state index in [-0.39, 0.29) is 24.1 Å². The number of amides is 1. The Morgan fingerprint density at radius 3 is 2.55 bits per heavy atom. The van der Waals surface area contributed by atoms with Gasteiger partial charge in [-0.25, -0.2) is 9.18 Å². The molecular weight excluding hydrogens is 293 g/mol. The number of nitrogens with one attached hydrogen (secondary N) is 1. The van der Waals surface area contributed by atoms with Crippen LogP contribution >= 0.6 is 0 Å². The van der Waals surface area contributed by atoms with Crippen molar-refractivity contribution in [2.45, 2.75) is 18.9 Å². The van der Waals surface area contributed by atoms with Crippen LogP contribution in [-0.2, 0) is 14.3 Å². The Hall–Kier alpha value is -2.15. The minimum atomic E-state index is -1.23. The topological polar surface area (TPSA) is 84.9 Å². The first-order valence-electron chi connectivity index (χ1n) is 7.07. The Morgan fingerprint density at radius 2 is 1.95 bits per heavy atom. The molecule has 1 amide bonds. The van der Waals surface area contributed by atoms with Crippen LogP contribution in [0.25, 0.3) is 0 Å². The van der Waals surface area contributed by atoms with Crippen LogP contribution in [0.2, 0.25) is 0 Å². The molecule has 0 bridgehead atoms. The number of hydrogen-bond acceptors (Lipinski definition) is 4. The summed E-state index contributed by atoms with van der Waals surface area (Å²) in [5.41, 5.74) is 0. The van der Waals surface area contributed by atoms with Crippen molar-refractivity contribution >= 4 is 11.9 Å². The standard InChI is InChI=1S/C15H18FNO5/c16-11-1-3-12(4-2-11)22-13(15(19)20)9-17-14(18)10-5-7-21-8-6-10/h1-4,10,13H,5-9H2,(H,17,18)(H,19,20). The molecular formula is C15H18FNO5. The number of aliphatic carboxylic acids is 1. The van der Waals surface area contributed by atoms with Crippen LogP contribution in [0.1, 0.15) is 12.8 Å². The molecule has 7 heteroatoms. The second-order valence-corrected chi connectivity index (χ2v) is 5.03. The lowest BCUT2D eigenvalue weighted by molar-refractivity contribution is -0.145. The van der Waals surface area contributed by atoms with Gasteiger partial charge in [0.25, 0.3) is 0 Å². The zero-order valence-corrected chi connectivity index (χ0v) is 12.0. The summed E-state index contributed by atoms with van der Waals surface area (Å²) in [5, 5.41) is 11.7. The molecule has 1 aromatic carbocycles. The lowest BCUT2D eigenvalue weighted by Gasteiger charge is -2.22. The minimum absolute atomic E-state index is 0.150. The van der Waals surface area contributed by atoms with Gasteiger partial charge in [0, 0.05) is 19.1 Å². The molecule has 1 unspecified atom stereocenters. The van der Waals surface area contributed by atoms with E-state index >= 15 is 0 Å². The number of benzene rings is 1. The fraction of sp³-hybridized carbons (Fsp3) is 0.467. The molecule has 2 N–H and O–H groups in total. The number of rotatable bonds is 6. The largest absolute Gasteiger partial charge is 0.478 e. The summed E-state index contributed by atoms with van der Waals surface area (Å²) in [7, 11) is 0. The summed E-state index contributed by atoms with van der Waals surface area (Å²) < 4.78 is 23.2. The fourth-order valence-electron chi connectivity index (χ4n) is 2.15. The molecule has 1 heterocycles. The maximum atomic E-state index is 12.8. The van der Waals surface area contributed by atoms with E-state index in [2.05, 4.69) is 5.32 Å². The van der Waals surface area contributed by atoms with Gasteiger partial charge in [-0.3, -0.25) is 4.79 Å². The van der Waals surface area contributed by atoms with Gasteiger partial charge >= 0.3 is 5.97 Å². The van der Waals surface area contributed by atoms with E-state index in [1.807, 2.05) is 0 Å². The van der Waals surface area contributed by atoms with Crippen LogP contribution in [-0.4, -0.2) is 42.8 Å². The summed E-state index contributed by atoms with van der Waals surface area (Å²) in [5.74, 6) is -1.76. The SMILES string of the molecule is O=C(NCC(Oc1ccc(F)cc1)C(=O)O)C1CCOCC1. The van der Waals surface area contributed by atoms with Crippen molar-refractivity contribution in [3.63, 3.8) is 0 Å². The summed E-state index contributed by atoms with van der Waals surface area (Å²) in [6.45, 7) is 0.919. The van der Waals surface area contributed by atoms with Crippen molar-refractivity contribution in [2.75, 3.05) is 19.8 Å². The second kappa shape index (κ2) is 7.74. The molecule has 0 spiro atoms. The Labute approximate surface area is 127 Å². The molecule has 1 atom stereocenters. The van der Waals surface area contributed by atoms with Crippen LogP contribution in [0.3, 0.4) is 0 Å². The number of carboxylic acid groups (broad SMARTS) is 1. The molecule has 120 valence electrons. The van der Waals surface area contributed by atoms with Gasteiger partial charge in [0.2, 0.25) is 12.0 Å². The lowest BCUT2D eigenvalue weighted by atomic mass is 9.99. The molecule has 1 saturated heterocycles. The molecule has 0 aliphatic carbocycles. The zero-order chi connectivity index (χ0) is 15.9. The van der Waals surface area contributed by atoms with Crippen molar-refractivity contribution in [1.82, 2.24) is 5.32 Å². The third kappa shape index (κ3) is 4.70. The summed E-state index contributed by atoms with van der Waals surface area (Å²) in [6, 6.07) is 5.03. The third-order valence-corrected chi connectivity index (χ3v) is 3.42. The van der Waals surface area contributed by atoms with E-state index in [1.54, 1.807) is 0 Å². The summed E-state index contributed by atoms with van der Waals surface area (Å²) >= 11 is 0. The first-order valence-corrected chi connectivity index (χ1v) is 7.07. The van der Waals surface area contributed by atoms with Gasteiger partial charge in [-0.2, -0.15) is 0 Å². The van der Waals surface area contributed by atoms with Crippen LogP contribution in [0.4, 0.5) is 4.39 Å². The third-order valence-electron chi connectivity index (χ3n) is 3.42. The molecule has 0 aromatic heterocycles. The molecule has 1 aliphatic heterocycles. The highest BCUT2D eigenvalue weighted by Gasteiger charge is 2.25. The summed E-state index contributed by atoms with van der Waals surface area (Å²) in [4.78, 5) is 23.1. The average Bonchev–Trinajstić information content (AvgIpc) is 2.53. The number of carboxylic acids is 1. The number of carbonyl (C=O) groups is 2. The molecule has 0 saturated carbocycles. The Morgan fingerprint density at radius 1 is 1.32 bits per heavy atom. The Bertz CT molecular complexity index is 513. The molecule has 1 fully saturated rings. The molecule has 0 radical (unpaired) electrons. The van der Waals surface area contributed by atoms with Crippen molar-refractivity contribution in [2.24, 2.45) is 5.92 Å². The Kier molecular flexibility index (Phi) is 5.71. The van der Waals surface area contributed by atoms with E-state index in [9.17, 15) is 14.0 Å². The van der Waals surface area contributed by atoms with E-state index in [0.29, 0.717) is 26.1 Å². The molecule has 6 nitrogen and oxygen atoms in total. The number of ether oxygens (including phenoxy) is 2. The van der Waals surface area contributed by atoms with E-state index in [1.165, 1.54) is 24.3 Å². The number of hydrogen-bond donors (Lipinski definition) is 2. The number of halogens is 1. The fourth-order valence-corrected chi connectivity index (χ4v) is 2.15. The first kappa shape index (κ1) is 16.2. The van der Waals surface area contributed by atoms with Crippen LogP contribution in [0.15, 0.2) is 24.3 Å². The van der Waals surface area contributed by atoms with E-state index in [4.69, 9.17) is 14.6 Å². The van der Waals surface area contributed by atoms with Gasteiger partial charge in [0.05, 0.1) is 6.54 Å². The van der Waals surface area contributed by atoms with Gasteiger partial charge < -0.3 is 19.9 Å². The van der Waals surface area contributed by atoms with Crippen molar-refractivity contribution in [3.8, 4) is 5.75 Å². The first-order chi connectivity index (χ1) is 10.6.